The van der Waals surface area contributed by atoms with Gasteiger partial charge in [0.25, 0.3) is 0 Å². The summed E-state index contributed by atoms with van der Waals surface area (Å²) < 4.78 is 0. The van der Waals surface area contributed by atoms with Crippen molar-refractivity contribution in [3.63, 3.8) is 0 Å². The molecule has 1 atom stereocenters. The van der Waals surface area contributed by atoms with Gasteiger partial charge in [-0.05, 0) is 48.9 Å². The third-order valence-electron chi connectivity index (χ3n) is 4.64. The van der Waals surface area contributed by atoms with E-state index in [0.29, 0.717) is 6.04 Å². The fourth-order valence-corrected chi connectivity index (χ4v) is 3.13. The molecule has 21 heavy (non-hydrogen) atoms. The molecule has 2 aromatic carbocycles. The van der Waals surface area contributed by atoms with E-state index in [1.165, 1.54) is 41.5 Å². The number of hydrogen-bond donors (Lipinski definition) is 1. The molecule has 1 unspecified atom stereocenters. The molecule has 0 spiro atoms. The van der Waals surface area contributed by atoms with Gasteiger partial charge < -0.3 is 5.32 Å². The molecule has 0 heterocycles. The third kappa shape index (κ3) is 3.19. The van der Waals surface area contributed by atoms with Gasteiger partial charge in [0.2, 0.25) is 0 Å². The molecule has 0 radical (unpaired) electrons. The average Bonchev–Trinajstić information content (AvgIpc) is 2.44. The Hall–Kier alpha value is -1.60. The fourth-order valence-electron chi connectivity index (χ4n) is 3.13. The van der Waals surface area contributed by atoms with Crippen LogP contribution in [-0.4, -0.2) is 6.54 Å². The van der Waals surface area contributed by atoms with Gasteiger partial charge in [-0.25, -0.2) is 0 Å². The van der Waals surface area contributed by atoms with E-state index in [1.807, 2.05) is 0 Å². The van der Waals surface area contributed by atoms with Gasteiger partial charge in [-0.1, -0.05) is 67.4 Å². The lowest BCUT2D eigenvalue weighted by Crippen LogP contribution is -2.22. The van der Waals surface area contributed by atoms with Crippen LogP contribution in [0.4, 0.5) is 0 Å². The third-order valence-corrected chi connectivity index (χ3v) is 4.64. The van der Waals surface area contributed by atoms with Gasteiger partial charge in [-0.3, -0.25) is 0 Å². The molecule has 0 bridgehead atoms. The first-order valence-corrected chi connectivity index (χ1v) is 8.17. The number of benzene rings is 2. The molecular formula is C20H25N. The lowest BCUT2D eigenvalue weighted by molar-refractivity contribution is 0.419. The maximum atomic E-state index is 3.64. The highest BCUT2D eigenvalue weighted by molar-refractivity contribution is 5.36. The highest BCUT2D eigenvalue weighted by Gasteiger charge is 2.21. The minimum Gasteiger partial charge on any atom is -0.307 e. The van der Waals surface area contributed by atoms with Crippen molar-refractivity contribution >= 4 is 0 Å². The summed E-state index contributed by atoms with van der Waals surface area (Å²) in [5.74, 6) is 0.797. The van der Waals surface area contributed by atoms with Crippen LogP contribution in [0.3, 0.4) is 0 Å². The van der Waals surface area contributed by atoms with Crippen molar-refractivity contribution in [1.82, 2.24) is 5.32 Å². The van der Waals surface area contributed by atoms with E-state index < -0.39 is 0 Å². The molecule has 0 aromatic heterocycles. The van der Waals surface area contributed by atoms with Crippen molar-refractivity contribution in [3.05, 3.63) is 70.8 Å². The molecule has 3 rings (SSSR count). The van der Waals surface area contributed by atoms with Crippen LogP contribution in [0.25, 0.3) is 0 Å². The Morgan fingerprint density at radius 3 is 2.43 bits per heavy atom. The average molecular weight is 279 g/mol. The van der Waals surface area contributed by atoms with Gasteiger partial charge in [0.05, 0.1) is 6.04 Å². The second kappa shape index (κ2) is 6.44. The molecule has 1 saturated carbocycles. The van der Waals surface area contributed by atoms with Crippen LogP contribution in [0.5, 0.6) is 0 Å². The van der Waals surface area contributed by atoms with Crippen LogP contribution in [0.15, 0.2) is 48.5 Å². The first kappa shape index (κ1) is 14.3. The van der Waals surface area contributed by atoms with Crippen molar-refractivity contribution in [2.75, 3.05) is 6.54 Å². The topological polar surface area (TPSA) is 12.0 Å². The zero-order chi connectivity index (χ0) is 14.7. The second-order valence-corrected chi connectivity index (χ2v) is 6.20. The summed E-state index contributed by atoms with van der Waals surface area (Å²) >= 11 is 0. The Morgan fingerprint density at radius 1 is 1.05 bits per heavy atom. The summed E-state index contributed by atoms with van der Waals surface area (Å²) in [6.45, 7) is 5.30. The SMILES string of the molecule is CCNC(c1ccc(C)cc1)c1cccc(C2CCC2)c1. The molecule has 0 saturated heterocycles. The quantitative estimate of drug-likeness (QED) is 0.815. The summed E-state index contributed by atoms with van der Waals surface area (Å²) in [5, 5.41) is 3.64. The maximum absolute atomic E-state index is 3.64. The molecule has 1 N–H and O–H groups in total. The number of nitrogens with one attached hydrogen (secondary N) is 1. The number of aryl methyl sites for hydroxylation is 1. The van der Waals surface area contributed by atoms with Crippen LogP contribution in [0.1, 0.15) is 60.4 Å². The van der Waals surface area contributed by atoms with E-state index in [2.05, 4.69) is 67.7 Å². The number of hydrogen-bond acceptors (Lipinski definition) is 1. The normalized spacial score (nSPS) is 16.5. The lowest BCUT2D eigenvalue weighted by atomic mass is 9.79. The van der Waals surface area contributed by atoms with Crippen LogP contribution < -0.4 is 5.32 Å². The molecule has 0 aliphatic heterocycles. The highest BCUT2D eigenvalue weighted by atomic mass is 14.9. The highest BCUT2D eigenvalue weighted by Crippen LogP contribution is 2.37. The van der Waals surface area contributed by atoms with E-state index in [0.717, 1.165) is 12.5 Å². The Kier molecular flexibility index (Phi) is 4.40. The van der Waals surface area contributed by atoms with Gasteiger partial charge in [0.1, 0.15) is 0 Å². The smallest absolute Gasteiger partial charge is 0.0576 e. The fraction of sp³-hybridized carbons (Fsp3) is 0.400. The van der Waals surface area contributed by atoms with Crippen LogP contribution in [0, 0.1) is 6.92 Å². The van der Waals surface area contributed by atoms with Crippen LogP contribution in [0.2, 0.25) is 0 Å². The Labute approximate surface area is 128 Å². The zero-order valence-corrected chi connectivity index (χ0v) is 13.1. The van der Waals surface area contributed by atoms with Gasteiger partial charge in [-0.15, -0.1) is 0 Å². The standard InChI is InChI=1S/C20H25N/c1-3-21-20(17-12-10-15(2)11-13-17)19-9-5-8-18(14-19)16-6-4-7-16/h5,8-14,16,20-21H,3-4,6-7H2,1-2H3. The predicted molar refractivity (Wildman–Crippen MR) is 89.7 cm³/mol. The number of rotatable bonds is 5. The van der Waals surface area contributed by atoms with E-state index in [1.54, 1.807) is 0 Å². The maximum Gasteiger partial charge on any atom is 0.0576 e. The van der Waals surface area contributed by atoms with Crippen LogP contribution >= 0.6 is 0 Å². The Balaban J connectivity index is 1.91. The second-order valence-electron chi connectivity index (χ2n) is 6.20. The first-order chi connectivity index (χ1) is 10.3. The zero-order valence-electron chi connectivity index (χ0n) is 13.1. The van der Waals surface area contributed by atoms with Crippen molar-refractivity contribution < 1.29 is 0 Å². The van der Waals surface area contributed by atoms with Crippen molar-refractivity contribution in [2.45, 2.75) is 45.1 Å². The van der Waals surface area contributed by atoms with Crippen molar-refractivity contribution in [2.24, 2.45) is 0 Å². The largest absolute Gasteiger partial charge is 0.307 e. The van der Waals surface area contributed by atoms with Crippen molar-refractivity contribution in [1.29, 1.82) is 0 Å². The predicted octanol–water partition coefficient (Wildman–Crippen LogP) is 4.96. The monoisotopic (exact) mass is 279 g/mol. The van der Waals surface area contributed by atoms with Gasteiger partial charge in [0, 0.05) is 0 Å². The molecule has 1 heteroatoms. The van der Waals surface area contributed by atoms with Gasteiger partial charge >= 0.3 is 0 Å². The van der Waals surface area contributed by atoms with Gasteiger partial charge in [0.15, 0.2) is 0 Å². The summed E-state index contributed by atoms with van der Waals surface area (Å²) in [6.07, 6.45) is 4.11. The van der Waals surface area contributed by atoms with E-state index in [9.17, 15) is 0 Å². The molecule has 1 aliphatic rings. The minimum atomic E-state index is 0.302. The molecule has 1 aliphatic carbocycles. The molecule has 0 amide bonds. The molecule has 1 fully saturated rings. The van der Waals surface area contributed by atoms with E-state index in [4.69, 9.17) is 0 Å². The molecular weight excluding hydrogens is 254 g/mol. The Bertz CT molecular complexity index is 581. The van der Waals surface area contributed by atoms with Gasteiger partial charge in [-0.2, -0.15) is 0 Å². The van der Waals surface area contributed by atoms with Crippen LogP contribution in [-0.2, 0) is 0 Å². The van der Waals surface area contributed by atoms with E-state index in [-0.39, 0.29) is 0 Å². The summed E-state index contributed by atoms with van der Waals surface area (Å²) in [4.78, 5) is 0. The Morgan fingerprint density at radius 2 is 1.81 bits per heavy atom. The first-order valence-electron chi connectivity index (χ1n) is 8.17. The van der Waals surface area contributed by atoms with Crippen molar-refractivity contribution in [3.8, 4) is 0 Å². The summed E-state index contributed by atoms with van der Waals surface area (Å²) in [5.41, 5.74) is 5.59. The minimum absolute atomic E-state index is 0.302. The summed E-state index contributed by atoms with van der Waals surface area (Å²) in [7, 11) is 0. The molecule has 110 valence electrons. The molecule has 1 nitrogen and oxygen atoms in total. The summed E-state index contributed by atoms with van der Waals surface area (Å²) in [6, 6.07) is 18.4. The molecule has 2 aromatic rings. The van der Waals surface area contributed by atoms with E-state index >= 15 is 0 Å². The lowest BCUT2D eigenvalue weighted by Gasteiger charge is -2.27.